The van der Waals surface area contributed by atoms with Crippen LogP contribution >= 0.6 is 11.3 Å². The summed E-state index contributed by atoms with van der Waals surface area (Å²) in [7, 11) is 1.26. The monoisotopic (exact) mass is 471 g/mol. The Hall–Kier alpha value is -3.66. The lowest BCUT2D eigenvalue weighted by Crippen LogP contribution is -2.43. The van der Waals surface area contributed by atoms with Crippen molar-refractivity contribution in [3.63, 3.8) is 0 Å². The third-order valence-electron chi connectivity index (χ3n) is 5.13. The number of rotatable bonds is 8. The number of aromatic amines is 1. The first-order valence-corrected chi connectivity index (χ1v) is 11.0. The summed E-state index contributed by atoms with van der Waals surface area (Å²) >= 11 is 1.23. The van der Waals surface area contributed by atoms with E-state index in [1.807, 2.05) is 31.2 Å². The molecular formula is C23H25N3O6S. The molecule has 1 aromatic carbocycles. The lowest BCUT2D eigenvalue weighted by Gasteiger charge is -2.16. The second kappa shape index (κ2) is 10.3. The molecule has 3 aromatic rings. The molecule has 0 saturated carbocycles. The molecule has 3 rings (SSSR count). The van der Waals surface area contributed by atoms with Gasteiger partial charge in [-0.1, -0.05) is 18.2 Å². The fourth-order valence-electron chi connectivity index (χ4n) is 3.42. The van der Waals surface area contributed by atoms with Crippen molar-refractivity contribution < 1.29 is 28.7 Å². The number of para-hydroxylation sites is 1. The second-order valence-corrected chi connectivity index (χ2v) is 8.68. The van der Waals surface area contributed by atoms with Gasteiger partial charge in [0.2, 0.25) is 5.91 Å². The van der Waals surface area contributed by atoms with Crippen molar-refractivity contribution in [3.8, 4) is 0 Å². The molecule has 2 aromatic heterocycles. The number of benzene rings is 1. The lowest BCUT2D eigenvalue weighted by atomic mass is 10.0. The number of carbonyl (C=O) groups is 4. The first-order valence-electron chi connectivity index (χ1n) is 10.2. The maximum absolute atomic E-state index is 12.7. The fourth-order valence-corrected chi connectivity index (χ4v) is 4.49. The van der Waals surface area contributed by atoms with Crippen molar-refractivity contribution in [3.05, 3.63) is 52.0 Å². The summed E-state index contributed by atoms with van der Waals surface area (Å²) in [5, 5.41) is 6.44. The molecule has 0 unspecified atom stereocenters. The summed E-state index contributed by atoms with van der Waals surface area (Å²) in [6, 6.07) is 6.63. The van der Waals surface area contributed by atoms with Crippen LogP contribution in [0.3, 0.4) is 0 Å². The summed E-state index contributed by atoms with van der Waals surface area (Å²) in [5.41, 5.74) is 2.72. The lowest BCUT2D eigenvalue weighted by molar-refractivity contribution is -0.150. The Kier molecular flexibility index (Phi) is 7.49. The third-order valence-corrected chi connectivity index (χ3v) is 6.26. The quantitative estimate of drug-likeness (QED) is 0.434. The summed E-state index contributed by atoms with van der Waals surface area (Å²) in [6.45, 7) is 4.32. The van der Waals surface area contributed by atoms with Crippen LogP contribution < -0.4 is 10.6 Å². The van der Waals surface area contributed by atoms with Gasteiger partial charge in [-0.05, 0) is 31.0 Å². The maximum Gasteiger partial charge on any atom is 0.341 e. The van der Waals surface area contributed by atoms with Crippen LogP contribution in [0, 0.1) is 13.8 Å². The van der Waals surface area contributed by atoms with Gasteiger partial charge < -0.3 is 25.1 Å². The van der Waals surface area contributed by atoms with Crippen LogP contribution in [-0.2, 0) is 30.3 Å². The average molecular weight is 472 g/mol. The molecule has 1 atom stereocenters. The van der Waals surface area contributed by atoms with Gasteiger partial charge in [-0.2, -0.15) is 0 Å². The fraction of sp³-hybridized carbons (Fsp3) is 0.304. The number of esters is 2. The molecule has 2 heterocycles. The van der Waals surface area contributed by atoms with Crippen LogP contribution in [0.4, 0.5) is 5.00 Å². The zero-order chi connectivity index (χ0) is 24.1. The standard InChI is InChI=1S/C23H25N3O6S/c1-12-13(2)33-21(20(12)23(30)31-4)26-19(28)11-32-22(29)18(25-14(3)27)9-15-10-24-17-8-6-5-7-16(15)17/h5-8,10,18,24H,9,11H2,1-4H3,(H,25,27)(H,26,28)/t18-/m1/s1. The Balaban J connectivity index is 1.67. The molecule has 33 heavy (non-hydrogen) atoms. The Labute approximate surface area is 194 Å². The van der Waals surface area contributed by atoms with Gasteiger partial charge >= 0.3 is 11.9 Å². The Morgan fingerprint density at radius 1 is 1.15 bits per heavy atom. The van der Waals surface area contributed by atoms with Gasteiger partial charge in [0.05, 0.1) is 12.7 Å². The van der Waals surface area contributed by atoms with Crippen LogP contribution in [-0.4, -0.2) is 48.5 Å². The molecule has 0 radical (unpaired) electrons. The van der Waals surface area contributed by atoms with Crippen molar-refractivity contribution in [2.45, 2.75) is 33.2 Å². The number of ether oxygens (including phenoxy) is 2. The van der Waals surface area contributed by atoms with Crippen LogP contribution in [0.2, 0.25) is 0 Å². The number of carbonyl (C=O) groups excluding carboxylic acids is 4. The molecule has 0 aliphatic carbocycles. The van der Waals surface area contributed by atoms with E-state index in [0.29, 0.717) is 10.6 Å². The number of fused-ring (bicyclic) bond motifs is 1. The molecule has 2 amide bonds. The van der Waals surface area contributed by atoms with E-state index in [4.69, 9.17) is 9.47 Å². The normalized spacial score (nSPS) is 11.6. The molecule has 3 N–H and O–H groups in total. The second-order valence-electron chi connectivity index (χ2n) is 7.45. The number of anilines is 1. The van der Waals surface area contributed by atoms with Crippen LogP contribution in [0.1, 0.15) is 33.3 Å². The maximum atomic E-state index is 12.7. The van der Waals surface area contributed by atoms with E-state index in [-0.39, 0.29) is 12.0 Å². The minimum absolute atomic E-state index is 0.194. The zero-order valence-electron chi connectivity index (χ0n) is 18.7. The van der Waals surface area contributed by atoms with Crippen LogP contribution in [0.15, 0.2) is 30.5 Å². The van der Waals surface area contributed by atoms with E-state index in [1.165, 1.54) is 25.4 Å². The zero-order valence-corrected chi connectivity index (χ0v) is 19.6. The van der Waals surface area contributed by atoms with E-state index in [9.17, 15) is 19.2 Å². The average Bonchev–Trinajstić information content (AvgIpc) is 3.31. The van der Waals surface area contributed by atoms with Gasteiger partial charge in [-0.25, -0.2) is 9.59 Å². The van der Waals surface area contributed by atoms with E-state index in [2.05, 4.69) is 15.6 Å². The Morgan fingerprint density at radius 2 is 1.88 bits per heavy atom. The van der Waals surface area contributed by atoms with Crippen molar-refractivity contribution in [2.24, 2.45) is 0 Å². The first kappa shape index (κ1) is 24.0. The molecule has 0 spiro atoms. The molecule has 0 bridgehead atoms. The van der Waals surface area contributed by atoms with Gasteiger partial charge in [-0.15, -0.1) is 11.3 Å². The molecular weight excluding hydrogens is 446 g/mol. The Morgan fingerprint density at radius 3 is 2.58 bits per heavy atom. The van der Waals surface area contributed by atoms with Gasteiger partial charge in [0.15, 0.2) is 6.61 Å². The minimum atomic E-state index is -0.966. The number of methoxy groups -OCH3 is 1. The number of thiophene rings is 1. The van der Waals surface area contributed by atoms with E-state index in [1.54, 1.807) is 13.1 Å². The largest absolute Gasteiger partial charge is 0.465 e. The molecule has 9 nitrogen and oxygen atoms in total. The molecule has 0 aliphatic heterocycles. The van der Waals surface area contributed by atoms with E-state index in [0.717, 1.165) is 21.3 Å². The van der Waals surface area contributed by atoms with Crippen LogP contribution in [0.5, 0.6) is 0 Å². The number of amides is 2. The van der Waals surface area contributed by atoms with Gasteiger partial charge in [0.1, 0.15) is 11.0 Å². The summed E-state index contributed by atoms with van der Waals surface area (Å²) in [4.78, 5) is 52.8. The SMILES string of the molecule is COC(=O)c1c(NC(=O)COC(=O)[C@@H](Cc2c[nH]c3ccccc23)NC(C)=O)sc(C)c1C. The summed E-state index contributed by atoms with van der Waals surface area (Å²) < 4.78 is 9.96. The predicted molar refractivity (Wildman–Crippen MR) is 124 cm³/mol. The molecule has 10 heteroatoms. The highest BCUT2D eigenvalue weighted by Gasteiger charge is 2.25. The summed E-state index contributed by atoms with van der Waals surface area (Å²) in [5.74, 6) is -2.30. The third kappa shape index (κ3) is 5.58. The topological polar surface area (TPSA) is 127 Å². The van der Waals surface area contributed by atoms with Crippen molar-refractivity contribution in [1.82, 2.24) is 10.3 Å². The molecule has 0 aliphatic rings. The predicted octanol–water partition coefficient (Wildman–Crippen LogP) is 2.86. The summed E-state index contributed by atoms with van der Waals surface area (Å²) in [6.07, 6.45) is 1.97. The van der Waals surface area contributed by atoms with Crippen molar-refractivity contribution in [1.29, 1.82) is 0 Å². The number of H-pyrrole nitrogens is 1. The van der Waals surface area contributed by atoms with Gasteiger partial charge in [-0.3, -0.25) is 9.59 Å². The molecule has 0 fully saturated rings. The smallest absolute Gasteiger partial charge is 0.341 e. The van der Waals surface area contributed by atoms with Crippen molar-refractivity contribution in [2.75, 3.05) is 19.0 Å². The van der Waals surface area contributed by atoms with Crippen LogP contribution in [0.25, 0.3) is 10.9 Å². The van der Waals surface area contributed by atoms with Crippen molar-refractivity contribution >= 4 is 51.0 Å². The van der Waals surface area contributed by atoms with Gasteiger partial charge in [0.25, 0.3) is 5.91 Å². The number of nitrogens with one attached hydrogen (secondary N) is 3. The molecule has 0 saturated heterocycles. The van der Waals surface area contributed by atoms with E-state index < -0.39 is 36.4 Å². The number of aryl methyl sites for hydroxylation is 1. The Bertz CT molecular complexity index is 1210. The molecule has 174 valence electrons. The minimum Gasteiger partial charge on any atom is -0.465 e. The van der Waals surface area contributed by atoms with Gasteiger partial charge in [0, 0.05) is 35.3 Å². The highest BCUT2D eigenvalue weighted by Crippen LogP contribution is 2.32. The first-order chi connectivity index (χ1) is 15.7. The number of aromatic nitrogens is 1. The number of hydrogen-bond acceptors (Lipinski definition) is 7. The highest BCUT2D eigenvalue weighted by molar-refractivity contribution is 7.16. The number of hydrogen-bond donors (Lipinski definition) is 3. The highest BCUT2D eigenvalue weighted by atomic mass is 32.1. The van der Waals surface area contributed by atoms with E-state index >= 15 is 0 Å².